The van der Waals surface area contributed by atoms with E-state index in [0.717, 1.165) is 24.6 Å². The Kier molecular flexibility index (Phi) is 4.70. The smallest absolute Gasteiger partial charge is 0.253 e. The van der Waals surface area contributed by atoms with Crippen LogP contribution in [0.15, 0.2) is 35.9 Å². The molecule has 0 bridgehead atoms. The van der Waals surface area contributed by atoms with Crippen molar-refractivity contribution in [3.63, 3.8) is 0 Å². The van der Waals surface area contributed by atoms with E-state index < -0.39 is 0 Å². The number of fused-ring (bicyclic) bond motifs is 1. The summed E-state index contributed by atoms with van der Waals surface area (Å²) in [7, 11) is 0. The molecule has 0 fully saturated rings. The van der Waals surface area contributed by atoms with Crippen LogP contribution in [0, 0.1) is 12.7 Å². The summed E-state index contributed by atoms with van der Waals surface area (Å²) in [6, 6.07) is 6.21. The van der Waals surface area contributed by atoms with Gasteiger partial charge in [-0.05, 0) is 57.2 Å². The van der Waals surface area contributed by atoms with Gasteiger partial charge in [0.05, 0.1) is 16.8 Å². The van der Waals surface area contributed by atoms with E-state index in [0.29, 0.717) is 23.3 Å². The van der Waals surface area contributed by atoms with Crippen LogP contribution >= 0.6 is 0 Å². The monoisotopic (exact) mass is 312 g/mol. The summed E-state index contributed by atoms with van der Waals surface area (Å²) in [6.07, 6.45) is 8.05. The summed E-state index contributed by atoms with van der Waals surface area (Å²) >= 11 is 0. The third-order valence-corrected chi connectivity index (χ3v) is 4.33. The molecule has 1 aromatic heterocycles. The van der Waals surface area contributed by atoms with Crippen molar-refractivity contribution in [2.24, 2.45) is 0 Å². The Hall–Kier alpha value is -2.23. The first kappa shape index (κ1) is 15.7. The average molecular weight is 312 g/mol. The van der Waals surface area contributed by atoms with Gasteiger partial charge in [-0.2, -0.15) is 0 Å². The second kappa shape index (κ2) is 6.90. The Morgan fingerprint density at radius 2 is 2.17 bits per heavy atom. The van der Waals surface area contributed by atoms with E-state index >= 15 is 0 Å². The fraction of sp³-hybridized carbons (Fsp3) is 0.368. The molecular weight excluding hydrogens is 291 g/mol. The van der Waals surface area contributed by atoms with Gasteiger partial charge in [-0.15, -0.1) is 0 Å². The zero-order valence-electron chi connectivity index (χ0n) is 13.4. The number of benzene rings is 1. The van der Waals surface area contributed by atoms with Crippen LogP contribution in [0.25, 0.3) is 10.9 Å². The molecule has 0 unspecified atom stereocenters. The minimum absolute atomic E-state index is 0.113. The molecule has 0 saturated carbocycles. The first-order chi connectivity index (χ1) is 11.1. The van der Waals surface area contributed by atoms with E-state index in [1.807, 2.05) is 0 Å². The predicted octanol–water partition coefficient (Wildman–Crippen LogP) is 4.30. The summed E-state index contributed by atoms with van der Waals surface area (Å²) in [5.41, 5.74) is 3.20. The van der Waals surface area contributed by atoms with Gasteiger partial charge in [0.25, 0.3) is 5.91 Å². The number of nitrogens with one attached hydrogen (secondary N) is 1. The maximum atomic E-state index is 13.2. The van der Waals surface area contributed by atoms with Gasteiger partial charge in [0.15, 0.2) is 0 Å². The number of hydrogen-bond donors (Lipinski definition) is 1. The lowest BCUT2D eigenvalue weighted by Gasteiger charge is -2.13. The van der Waals surface area contributed by atoms with Crippen LogP contribution < -0.4 is 5.32 Å². The van der Waals surface area contributed by atoms with Gasteiger partial charge < -0.3 is 5.32 Å². The number of aromatic nitrogens is 1. The van der Waals surface area contributed by atoms with Gasteiger partial charge in [0.2, 0.25) is 0 Å². The number of pyridine rings is 1. The molecule has 1 aliphatic rings. The first-order valence-corrected chi connectivity index (χ1v) is 8.16. The molecule has 3 rings (SSSR count). The molecule has 1 N–H and O–H groups in total. The third-order valence-electron chi connectivity index (χ3n) is 4.33. The SMILES string of the molecule is Cc1nc2cc(F)ccc2cc1C(=O)NCCC1=CCCCC1. The van der Waals surface area contributed by atoms with Crippen molar-refractivity contribution >= 4 is 16.8 Å². The van der Waals surface area contributed by atoms with Gasteiger partial charge in [0.1, 0.15) is 5.82 Å². The normalized spacial score (nSPS) is 14.6. The van der Waals surface area contributed by atoms with E-state index in [-0.39, 0.29) is 11.7 Å². The summed E-state index contributed by atoms with van der Waals surface area (Å²) in [5.74, 6) is -0.431. The molecule has 1 aromatic carbocycles. The van der Waals surface area contributed by atoms with Crippen molar-refractivity contribution in [3.05, 3.63) is 53.0 Å². The molecule has 0 radical (unpaired) electrons. The Morgan fingerprint density at radius 1 is 1.30 bits per heavy atom. The van der Waals surface area contributed by atoms with E-state index in [9.17, 15) is 9.18 Å². The second-order valence-electron chi connectivity index (χ2n) is 6.07. The maximum Gasteiger partial charge on any atom is 0.253 e. The second-order valence-corrected chi connectivity index (χ2v) is 6.07. The summed E-state index contributed by atoms with van der Waals surface area (Å²) in [5, 5.41) is 3.74. The highest BCUT2D eigenvalue weighted by Gasteiger charge is 2.12. The average Bonchev–Trinajstić information content (AvgIpc) is 2.55. The van der Waals surface area contributed by atoms with Crippen LogP contribution in [-0.4, -0.2) is 17.4 Å². The predicted molar refractivity (Wildman–Crippen MR) is 89.9 cm³/mol. The Bertz CT molecular complexity index is 767. The van der Waals surface area contributed by atoms with Crippen molar-refractivity contribution in [1.82, 2.24) is 10.3 Å². The lowest BCUT2D eigenvalue weighted by Crippen LogP contribution is -2.26. The van der Waals surface area contributed by atoms with Gasteiger partial charge in [-0.3, -0.25) is 9.78 Å². The van der Waals surface area contributed by atoms with Crippen LogP contribution in [-0.2, 0) is 0 Å². The molecule has 3 nitrogen and oxygen atoms in total. The number of hydrogen-bond acceptors (Lipinski definition) is 2. The molecule has 1 amide bonds. The molecule has 1 heterocycles. The molecule has 0 aliphatic heterocycles. The van der Waals surface area contributed by atoms with Crippen LogP contribution in [0.5, 0.6) is 0 Å². The van der Waals surface area contributed by atoms with Crippen LogP contribution in [0.1, 0.15) is 48.2 Å². The number of halogens is 1. The lowest BCUT2D eigenvalue weighted by molar-refractivity contribution is 0.0953. The zero-order chi connectivity index (χ0) is 16.2. The van der Waals surface area contributed by atoms with Crippen molar-refractivity contribution in [3.8, 4) is 0 Å². The molecule has 2 aromatic rings. The molecule has 0 saturated heterocycles. The molecule has 0 atom stereocenters. The zero-order valence-corrected chi connectivity index (χ0v) is 13.4. The largest absolute Gasteiger partial charge is 0.352 e. The fourth-order valence-corrected chi connectivity index (χ4v) is 3.03. The number of allylic oxidation sites excluding steroid dienone is 1. The molecule has 120 valence electrons. The number of amides is 1. The molecule has 1 aliphatic carbocycles. The molecular formula is C19H21FN2O. The van der Waals surface area contributed by atoms with Crippen LogP contribution in [0.3, 0.4) is 0 Å². The highest BCUT2D eigenvalue weighted by Crippen LogP contribution is 2.20. The molecule has 23 heavy (non-hydrogen) atoms. The van der Waals surface area contributed by atoms with Gasteiger partial charge in [-0.25, -0.2) is 4.39 Å². The van der Waals surface area contributed by atoms with E-state index in [2.05, 4.69) is 16.4 Å². The topological polar surface area (TPSA) is 42.0 Å². The number of carbonyl (C=O) groups is 1. The number of rotatable bonds is 4. The van der Waals surface area contributed by atoms with Crippen molar-refractivity contribution in [1.29, 1.82) is 0 Å². The summed E-state index contributed by atoms with van der Waals surface area (Å²) < 4.78 is 13.2. The summed E-state index contributed by atoms with van der Waals surface area (Å²) in [4.78, 5) is 16.7. The number of carbonyl (C=O) groups excluding carboxylic acids is 1. The van der Waals surface area contributed by atoms with Gasteiger partial charge in [0, 0.05) is 18.0 Å². The van der Waals surface area contributed by atoms with Crippen LogP contribution in [0.2, 0.25) is 0 Å². The lowest BCUT2D eigenvalue weighted by atomic mass is 9.97. The van der Waals surface area contributed by atoms with Crippen molar-refractivity contribution in [2.45, 2.75) is 39.0 Å². The molecule has 0 spiro atoms. The van der Waals surface area contributed by atoms with Gasteiger partial charge >= 0.3 is 0 Å². The standard InChI is InChI=1S/C19H21FN2O/c1-13-17(11-15-7-8-16(20)12-18(15)22-13)19(23)21-10-9-14-5-3-2-4-6-14/h5,7-8,11-12H,2-4,6,9-10H2,1H3,(H,21,23). The minimum atomic E-state index is -0.317. The first-order valence-electron chi connectivity index (χ1n) is 8.16. The van der Waals surface area contributed by atoms with Gasteiger partial charge in [-0.1, -0.05) is 11.6 Å². The van der Waals surface area contributed by atoms with Crippen molar-refractivity contribution in [2.75, 3.05) is 6.54 Å². The van der Waals surface area contributed by atoms with E-state index in [1.54, 1.807) is 19.1 Å². The van der Waals surface area contributed by atoms with Crippen molar-refractivity contribution < 1.29 is 9.18 Å². The van der Waals surface area contributed by atoms with E-state index in [4.69, 9.17) is 0 Å². The Labute approximate surface area is 135 Å². The highest BCUT2D eigenvalue weighted by atomic mass is 19.1. The van der Waals surface area contributed by atoms with Crippen LogP contribution in [0.4, 0.5) is 4.39 Å². The highest BCUT2D eigenvalue weighted by molar-refractivity contribution is 5.98. The maximum absolute atomic E-state index is 13.2. The Morgan fingerprint density at radius 3 is 2.96 bits per heavy atom. The fourth-order valence-electron chi connectivity index (χ4n) is 3.03. The number of aryl methyl sites for hydroxylation is 1. The van der Waals surface area contributed by atoms with E-state index in [1.165, 1.54) is 30.5 Å². The Balaban J connectivity index is 1.69. The third kappa shape index (κ3) is 3.76. The molecule has 4 heteroatoms. The minimum Gasteiger partial charge on any atom is -0.352 e. The quantitative estimate of drug-likeness (QED) is 0.855. The number of nitrogens with zero attached hydrogens (tertiary/aromatic N) is 1. The summed E-state index contributed by atoms with van der Waals surface area (Å²) in [6.45, 7) is 2.43.